The van der Waals surface area contributed by atoms with Crippen molar-refractivity contribution in [3.63, 3.8) is 0 Å². The van der Waals surface area contributed by atoms with Crippen LogP contribution in [0.3, 0.4) is 0 Å². The number of anilines is 1. The first-order chi connectivity index (χ1) is 17.5. The number of nitro groups is 1. The molecule has 2 rings (SSSR count). The number of hydrogen-bond donors (Lipinski definition) is 1. The molecule has 0 unspecified atom stereocenters. The van der Waals surface area contributed by atoms with Gasteiger partial charge in [0.1, 0.15) is 28.7 Å². The van der Waals surface area contributed by atoms with Crippen LogP contribution in [-0.4, -0.2) is 66.4 Å². The molecule has 1 atom stereocenters. The van der Waals surface area contributed by atoms with Gasteiger partial charge >= 0.3 is 18.0 Å². The van der Waals surface area contributed by atoms with E-state index in [1.54, 1.807) is 41.5 Å². The summed E-state index contributed by atoms with van der Waals surface area (Å²) >= 11 is 0. The number of carbonyl (C=O) groups is 4. The van der Waals surface area contributed by atoms with Crippen LogP contribution in [0.2, 0.25) is 0 Å². The van der Waals surface area contributed by atoms with Crippen molar-refractivity contribution >= 4 is 35.3 Å². The Morgan fingerprint density at radius 3 is 2.26 bits per heavy atom. The molecule has 0 aliphatic carbocycles. The van der Waals surface area contributed by atoms with Gasteiger partial charge in [-0.25, -0.2) is 14.4 Å². The SMILES string of the molecule is COC(=O)COc1ccc([N+](=O)[O-])c2c1CCN2C(=O)CC[C@H](NC(=O)OC(C)(C)C)C(=O)OC(C)(C)C. The average Bonchev–Trinajstić information content (AvgIpc) is 3.22. The summed E-state index contributed by atoms with van der Waals surface area (Å²) in [5, 5.41) is 14.2. The molecular formula is C25H35N3O10. The molecule has 2 amide bonds. The lowest BCUT2D eigenvalue weighted by Crippen LogP contribution is -2.46. The number of fused-ring (bicyclic) bond motifs is 1. The topological polar surface area (TPSA) is 164 Å². The molecule has 1 aliphatic heterocycles. The fourth-order valence-corrected chi connectivity index (χ4v) is 3.69. The number of nitrogens with zero attached hydrogens (tertiary/aromatic N) is 2. The van der Waals surface area contributed by atoms with Crippen LogP contribution in [0.4, 0.5) is 16.2 Å². The number of benzene rings is 1. The molecule has 0 bridgehead atoms. The molecular weight excluding hydrogens is 502 g/mol. The highest BCUT2D eigenvalue weighted by molar-refractivity contribution is 5.99. The maximum absolute atomic E-state index is 13.2. The Morgan fingerprint density at radius 1 is 1.08 bits per heavy atom. The van der Waals surface area contributed by atoms with Crippen LogP contribution in [0.25, 0.3) is 0 Å². The largest absolute Gasteiger partial charge is 0.482 e. The van der Waals surface area contributed by atoms with Crippen molar-refractivity contribution in [1.29, 1.82) is 0 Å². The molecule has 1 aliphatic rings. The summed E-state index contributed by atoms with van der Waals surface area (Å²) < 4.78 is 20.6. The van der Waals surface area contributed by atoms with Gasteiger partial charge < -0.3 is 29.2 Å². The van der Waals surface area contributed by atoms with Crippen LogP contribution in [-0.2, 0) is 35.0 Å². The number of esters is 2. The quantitative estimate of drug-likeness (QED) is 0.214. The number of hydrogen-bond acceptors (Lipinski definition) is 10. The normalized spacial score (nSPS) is 13.7. The van der Waals surface area contributed by atoms with Crippen LogP contribution in [0.15, 0.2) is 12.1 Å². The molecule has 1 aromatic carbocycles. The third kappa shape index (κ3) is 8.60. The summed E-state index contributed by atoms with van der Waals surface area (Å²) in [5.74, 6) is -1.66. The van der Waals surface area contributed by atoms with Crippen molar-refractivity contribution in [2.45, 2.75) is 78.0 Å². The van der Waals surface area contributed by atoms with Crippen LogP contribution in [0.5, 0.6) is 5.75 Å². The number of nitrogens with one attached hydrogen (secondary N) is 1. The van der Waals surface area contributed by atoms with Crippen LogP contribution >= 0.6 is 0 Å². The Bertz CT molecular complexity index is 1090. The van der Waals surface area contributed by atoms with Crippen molar-refractivity contribution in [3.05, 3.63) is 27.8 Å². The predicted molar refractivity (Wildman–Crippen MR) is 135 cm³/mol. The number of rotatable bonds is 9. The first-order valence-corrected chi connectivity index (χ1v) is 12.0. The lowest BCUT2D eigenvalue weighted by Gasteiger charge is -2.26. The van der Waals surface area contributed by atoms with Crippen LogP contribution in [0, 0.1) is 10.1 Å². The predicted octanol–water partition coefficient (Wildman–Crippen LogP) is 3.05. The monoisotopic (exact) mass is 537 g/mol. The third-order valence-electron chi connectivity index (χ3n) is 5.17. The molecule has 0 saturated heterocycles. The molecule has 210 valence electrons. The van der Waals surface area contributed by atoms with E-state index in [9.17, 15) is 29.3 Å². The Balaban J connectivity index is 2.25. The summed E-state index contributed by atoms with van der Waals surface area (Å²) in [4.78, 5) is 62.2. The molecule has 13 heteroatoms. The van der Waals surface area contributed by atoms with E-state index in [0.717, 1.165) is 0 Å². The second-order valence-electron chi connectivity index (χ2n) is 10.6. The average molecular weight is 538 g/mol. The van der Waals surface area contributed by atoms with E-state index >= 15 is 0 Å². The molecule has 0 spiro atoms. The number of ether oxygens (including phenoxy) is 4. The zero-order chi connectivity index (χ0) is 28.8. The molecule has 1 N–H and O–H groups in total. The Hall–Kier alpha value is -3.90. The maximum atomic E-state index is 13.2. The van der Waals surface area contributed by atoms with Gasteiger partial charge in [0.25, 0.3) is 5.69 Å². The van der Waals surface area contributed by atoms with Crippen LogP contribution in [0.1, 0.15) is 59.9 Å². The Labute approximate surface area is 220 Å². The van der Waals surface area contributed by atoms with Gasteiger partial charge in [-0.2, -0.15) is 0 Å². The fourth-order valence-electron chi connectivity index (χ4n) is 3.69. The van der Waals surface area contributed by atoms with E-state index in [1.807, 2.05) is 0 Å². The summed E-state index contributed by atoms with van der Waals surface area (Å²) in [6.45, 7) is 9.73. The standard InChI is InChI=1S/C25H35N3O10/c1-24(2,3)37-22(31)16(26-23(32)38-25(4,5)6)8-11-19(29)27-13-12-15-18(36-14-20(30)35-7)10-9-17(21(15)27)28(33)34/h9-10,16H,8,11-14H2,1-7H3,(H,26,32)/t16-/m0/s1. The van der Waals surface area contributed by atoms with E-state index in [1.165, 1.54) is 24.1 Å². The molecule has 1 aromatic rings. The van der Waals surface area contributed by atoms with E-state index in [4.69, 9.17) is 14.2 Å². The molecule has 0 radical (unpaired) electrons. The van der Waals surface area contributed by atoms with Gasteiger partial charge in [-0.1, -0.05) is 0 Å². The molecule has 0 saturated carbocycles. The zero-order valence-electron chi connectivity index (χ0n) is 22.7. The first kappa shape index (κ1) is 30.3. The van der Waals surface area contributed by atoms with Crippen molar-refractivity contribution in [1.82, 2.24) is 5.32 Å². The summed E-state index contributed by atoms with van der Waals surface area (Å²) in [6, 6.07) is 1.38. The molecule has 1 heterocycles. The lowest BCUT2D eigenvalue weighted by atomic mass is 10.1. The first-order valence-electron chi connectivity index (χ1n) is 12.0. The lowest BCUT2D eigenvalue weighted by molar-refractivity contribution is -0.384. The number of methoxy groups -OCH3 is 1. The zero-order valence-corrected chi connectivity index (χ0v) is 22.7. The van der Waals surface area contributed by atoms with Gasteiger partial charge in [-0.3, -0.25) is 14.9 Å². The van der Waals surface area contributed by atoms with Gasteiger partial charge in [0.2, 0.25) is 5.91 Å². The highest BCUT2D eigenvalue weighted by Crippen LogP contribution is 2.42. The highest BCUT2D eigenvalue weighted by atomic mass is 16.6. The second-order valence-corrected chi connectivity index (χ2v) is 10.6. The Kier molecular flexibility index (Phi) is 9.65. The minimum Gasteiger partial charge on any atom is -0.482 e. The number of amides is 2. The van der Waals surface area contributed by atoms with Crippen LogP contribution < -0.4 is 15.0 Å². The summed E-state index contributed by atoms with van der Waals surface area (Å²) in [5.41, 5.74) is -1.48. The van der Waals surface area contributed by atoms with Gasteiger partial charge in [-0.15, -0.1) is 0 Å². The van der Waals surface area contributed by atoms with Gasteiger partial charge in [0.15, 0.2) is 6.61 Å². The number of nitro benzene ring substituents is 1. The second kappa shape index (κ2) is 12.1. The van der Waals surface area contributed by atoms with E-state index in [2.05, 4.69) is 10.1 Å². The number of carbonyl (C=O) groups excluding carboxylic acids is 4. The van der Waals surface area contributed by atoms with Crippen molar-refractivity contribution in [2.24, 2.45) is 0 Å². The van der Waals surface area contributed by atoms with Gasteiger partial charge in [-0.05, 0) is 60.5 Å². The molecule has 0 fully saturated rings. The van der Waals surface area contributed by atoms with Gasteiger partial charge in [0, 0.05) is 24.6 Å². The smallest absolute Gasteiger partial charge is 0.408 e. The maximum Gasteiger partial charge on any atom is 0.408 e. The fraction of sp³-hybridized carbons (Fsp3) is 0.600. The van der Waals surface area contributed by atoms with E-state index in [0.29, 0.717) is 5.56 Å². The third-order valence-corrected chi connectivity index (χ3v) is 5.17. The number of alkyl carbamates (subject to hydrolysis) is 1. The van der Waals surface area contributed by atoms with E-state index in [-0.39, 0.29) is 42.9 Å². The Morgan fingerprint density at radius 2 is 1.71 bits per heavy atom. The van der Waals surface area contributed by atoms with Crippen molar-refractivity contribution in [3.8, 4) is 5.75 Å². The molecule has 0 aromatic heterocycles. The highest BCUT2D eigenvalue weighted by Gasteiger charge is 2.36. The summed E-state index contributed by atoms with van der Waals surface area (Å²) in [6.07, 6.45) is -0.963. The molecule has 13 nitrogen and oxygen atoms in total. The summed E-state index contributed by atoms with van der Waals surface area (Å²) in [7, 11) is 1.20. The van der Waals surface area contributed by atoms with Crippen molar-refractivity contribution in [2.75, 3.05) is 25.2 Å². The van der Waals surface area contributed by atoms with E-state index < -0.39 is 52.7 Å². The minimum absolute atomic E-state index is 0.0660. The minimum atomic E-state index is -1.19. The van der Waals surface area contributed by atoms with Gasteiger partial charge in [0.05, 0.1) is 12.0 Å². The van der Waals surface area contributed by atoms with Crippen molar-refractivity contribution < 1.29 is 43.0 Å². The molecule has 38 heavy (non-hydrogen) atoms.